The minimum Gasteiger partial charge on any atom is -0.497 e. The number of hydrogen-bond acceptors (Lipinski definition) is 7. The van der Waals surface area contributed by atoms with E-state index in [0.29, 0.717) is 37.1 Å². The highest BCUT2D eigenvalue weighted by Gasteiger charge is 2.20. The summed E-state index contributed by atoms with van der Waals surface area (Å²) in [6, 6.07) is 16.6. The van der Waals surface area contributed by atoms with Gasteiger partial charge in [-0.25, -0.2) is 9.59 Å². The van der Waals surface area contributed by atoms with Crippen LogP contribution in [-0.2, 0) is 16.0 Å². The quantitative estimate of drug-likeness (QED) is 0.374. The molecule has 1 aliphatic rings. The molecule has 1 fully saturated rings. The Balaban J connectivity index is 1.28. The predicted molar refractivity (Wildman–Crippen MR) is 158 cm³/mol. The standard InChI is InChI=1S/C31H40N4O6/c1-31(2,3)41-29(37)32-16-20-40-22-24-13-17-33(18-14-24)25-7-9-26(10-8-25)34-19-15-28(36)35(30(34)38)21-23-5-11-27(39-4)12-6-23/h5-12,15,19,24H,13-14,16-18,20-22H2,1-4H3,(H,32,37). The van der Waals surface area contributed by atoms with E-state index in [2.05, 4.69) is 10.2 Å². The lowest BCUT2D eigenvalue weighted by Crippen LogP contribution is -2.38. The summed E-state index contributed by atoms with van der Waals surface area (Å²) in [6.45, 7) is 9.04. The zero-order valence-electron chi connectivity index (χ0n) is 24.3. The fourth-order valence-corrected chi connectivity index (χ4v) is 4.74. The Morgan fingerprint density at radius 1 is 0.951 bits per heavy atom. The molecule has 1 aliphatic heterocycles. The molecule has 0 radical (unpaired) electrons. The summed E-state index contributed by atoms with van der Waals surface area (Å²) in [7, 11) is 1.59. The van der Waals surface area contributed by atoms with Crippen molar-refractivity contribution in [1.29, 1.82) is 0 Å². The Kier molecular flexibility index (Phi) is 9.88. The number of amides is 1. The summed E-state index contributed by atoms with van der Waals surface area (Å²) < 4.78 is 18.9. The molecule has 3 aromatic rings. The van der Waals surface area contributed by atoms with Crippen LogP contribution in [0, 0.1) is 5.92 Å². The van der Waals surface area contributed by atoms with Crippen LogP contribution in [-0.4, -0.2) is 60.8 Å². The second-order valence-corrected chi connectivity index (χ2v) is 11.2. The van der Waals surface area contributed by atoms with E-state index < -0.39 is 11.7 Å². The highest BCUT2D eigenvalue weighted by Crippen LogP contribution is 2.24. The number of alkyl carbamates (subject to hydrolysis) is 1. The molecule has 0 saturated carbocycles. The van der Waals surface area contributed by atoms with E-state index in [1.807, 2.05) is 69.3 Å². The highest BCUT2D eigenvalue weighted by atomic mass is 16.6. The number of anilines is 1. The number of hydrogen-bond donors (Lipinski definition) is 1. The summed E-state index contributed by atoms with van der Waals surface area (Å²) >= 11 is 0. The third-order valence-electron chi connectivity index (χ3n) is 6.94. The Bertz CT molecular complexity index is 1400. The van der Waals surface area contributed by atoms with Gasteiger partial charge in [-0.3, -0.25) is 13.9 Å². The van der Waals surface area contributed by atoms with Gasteiger partial charge in [-0.2, -0.15) is 0 Å². The topological polar surface area (TPSA) is 104 Å². The van der Waals surface area contributed by atoms with Crippen molar-refractivity contribution >= 4 is 11.8 Å². The number of methoxy groups -OCH3 is 1. The Hall–Kier alpha value is -4.05. The Labute approximate surface area is 240 Å². The van der Waals surface area contributed by atoms with Crippen LogP contribution in [0.4, 0.5) is 10.5 Å². The lowest BCUT2D eigenvalue weighted by Gasteiger charge is -2.33. The van der Waals surface area contributed by atoms with E-state index >= 15 is 0 Å². The molecule has 2 aromatic carbocycles. The van der Waals surface area contributed by atoms with Gasteiger partial charge in [0.15, 0.2) is 0 Å². The van der Waals surface area contributed by atoms with Crippen LogP contribution in [0.25, 0.3) is 5.69 Å². The largest absolute Gasteiger partial charge is 0.497 e. The second kappa shape index (κ2) is 13.5. The summed E-state index contributed by atoms with van der Waals surface area (Å²) in [5.74, 6) is 1.19. The first-order valence-corrected chi connectivity index (χ1v) is 14.0. The Morgan fingerprint density at radius 2 is 1.61 bits per heavy atom. The normalized spacial score (nSPS) is 14.1. The van der Waals surface area contributed by atoms with Crippen molar-refractivity contribution < 1.29 is 19.0 Å². The van der Waals surface area contributed by atoms with Gasteiger partial charge in [0.05, 0.1) is 25.9 Å². The summed E-state index contributed by atoms with van der Waals surface area (Å²) in [5, 5.41) is 2.71. The molecule has 1 saturated heterocycles. The number of carbonyl (C=O) groups is 1. The van der Waals surface area contributed by atoms with Gasteiger partial charge < -0.3 is 24.4 Å². The molecule has 220 valence electrons. The Morgan fingerprint density at radius 3 is 2.24 bits per heavy atom. The number of aromatic nitrogens is 2. The number of nitrogens with one attached hydrogen (secondary N) is 1. The summed E-state index contributed by atoms with van der Waals surface area (Å²) in [6.07, 6.45) is 3.12. The van der Waals surface area contributed by atoms with E-state index in [0.717, 1.165) is 37.2 Å². The van der Waals surface area contributed by atoms with Gasteiger partial charge in [-0.1, -0.05) is 12.1 Å². The number of carbonyl (C=O) groups excluding carboxylic acids is 1. The maximum atomic E-state index is 13.2. The zero-order chi connectivity index (χ0) is 29.4. The van der Waals surface area contributed by atoms with E-state index in [9.17, 15) is 14.4 Å². The molecule has 1 amide bonds. The molecule has 4 rings (SSSR count). The van der Waals surface area contributed by atoms with Crippen molar-refractivity contribution in [1.82, 2.24) is 14.5 Å². The van der Waals surface area contributed by atoms with Crippen LogP contribution in [0.5, 0.6) is 5.75 Å². The van der Waals surface area contributed by atoms with E-state index in [4.69, 9.17) is 14.2 Å². The lowest BCUT2D eigenvalue weighted by atomic mass is 9.97. The lowest BCUT2D eigenvalue weighted by molar-refractivity contribution is 0.0479. The van der Waals surface area contributed by atoms with Crippen molar-refractivity contribution in [3.05, 3.63) is 87.2 Å². The van der Waals surface area contributed by atoms with Gasteiger partial charge in [0.25, 0.3) is 5.56 Å². The maximum Gasteiger partial charge on any atom is 0.407 e. The maximum absolute atomic E-state index is 13.2. The molecule has 10 heteroatoms. The van der Waals surface area contributed by atoms with Gasteiger partial charge in [0, 0.05) is 44.2 Å². The molecule has 0 aliphatic carbocycles. The minimum atomic E-state index is -0.513. The number of piperidine rings is 1. The number of benzene rings is 2. The monoisotopic (exact) mass is 564 g/mol. The van der Waals surface area contributed by atoms with Crippen molar-refractivity contribution in [3.63, 3.8) is 0 Å². The van der Waals surface area contributed by atoms with Crippen LogP contribution in [0.15, 0.2) is 70.4 Å². The molecule has 0 unspecified atom stereocenters. The minimum absolute atomic E-state index is 0.180. The average molecular weight is 565 g/mol. The number of nitrogens with zero attached hydrogens (tertiary/aromatic N) is 3. The first-order chi connectivity index (χ1) is 19.6. The van der Waals surface area contributed by atoms with Crippen molar-refractivity contribution in [2.45, 2.75) is 45.8 Å². The van der Waals surface area contributed by atoms with E-state index in [1.165, 1.54) is 21.4 Å². The molecule has 0 atom stereocenters. The van der Waals surface area contributed by atoms with Gasteiger partial charge >= 0.3 is 11.8 Å². The van der Waals surface area contributed by atoms with Crippen molar-refractivity contribution in [2.75, 3.05) is 44.9 Å². The third kappa shape index (κ3) is 8.47. The first kappa shape index (κ1) is 29.9. The van der Waals surface area contributed by atoms with Gasteiger partial charge in [0.1, 0.15) is 11.4 Å². The molecular weight excluding hydrogens is 524 g/mol. The molecule has 0 bridgehead atoms. The molecule has 10 nitrogen and oxygen atoms in total. The van der Waals surface area contributed by atoms with Gasteiger partial charge in [0.2, 0.25) is 0 Å². The summed E-state index contributed by atoms with van der Waals surface area (Å²) in [5.41, 5.74) is 1.39. The molecular formula is C31H40N4O6. The zero-order valence-corrected chi connectivity index (χ0v) is 24.3. The first-order valence-electron chi connectivity index (χ1n) is 14.0. The number of ether oxygens (including phenoxy) is 3. The van der Waals surface area contributed by atoms with Crippen LogP contribution in [0.1, 0.15) is 39.2 Å². The van der Waals surface area contributed by atoms with Crippen molar-refractivity contribution in [2.24, 2.45) is 5.92 Å². The van der Waals surface area contributed by atoms with Gasteiger partial charge in [-0.05, 0) is 81.5 Å². The van der Waals surface area contributed by atoms with Gasteiger partial charge in [-0.15, -0.1) is 0 Å². The van der Waals surface area contributed by atoms with Crippen LogP contribution >= 0.6 is 0 Å². The second-order valence-electron chi connectivity index (χ2n) is 11.2. The fraction of sp³-hybridized carbons (Fsp3) is 0.452. The van der Waals surface area contributed by atoms with Crippen LogP contribution in [0.2, 0.25) is 0 Å². The molecule has 2 heterocycles. The number of rotatable bonds is 10. The van der Waals surface area contributed by atoms with E-state index in [1.54, 1.807) is 7.11 Å². The van der Waals surface area contributed by atoms with Crippen molar-refractivity contribution in [3.8, 4) is 11.4 Å². The molecule has 41 heavy (non-hydrogen) atoms. The molecule has 1 aromatic heterocycles. The fourth-order valence-electron chi connectivity index (χ4n) is 4.74. The smallest absolute Gasteiger partial charge is 0.407 e. The SMILES string of the molecule is COc1ccc(Cn2c(=O)ccn(-c3ccc(N4CCC(COCCNC(=O)OC(C)(C)C)CC4)cc3)c2=O)cc1. The third-order valence-corrected chi connectivity index (χ3v) is 6.94. The predicted octanol–water partition coefficient (Wildman–Crippen LogP) is 3.81. The molecule has 1 N–H and O–H groups in total. The average Bonchev–Trinajstić information content (AvgIpc) is 2.95. The van der Waals surface area contributed by atoms with E-state index in [-0.39, 0.29) is 17.8 Å². The highest BCUT2D eigenvalue weighted by molar-refractivity contribution is 5.67. The van der Waals surface area contributed by atoms with Crippen LogP contribution in [0.3, 0.4) is 0 Å². The molecule has 0 spiro atoms. The van der Waals surface area contributed by atoms with Crippen LogP contribution < -0.4 is 26.2 Å². The summed E-state index contributed by atoms with van der Waals surface area (Å²) in [4.78, 5) is 39.7.